The van der Waals surface area contributed by atoms with Crippen molar-refractivity contribution in [3.8, 4) is 17.2 Å². The van der Waals surface area contributed by atoms with E-state index in [9.17, 15) is 4.79 Å². The molecule has 0 heterocycles. The number of rotatable bonds is 10. The van der Waals surface area contributed by atoms with E-state index < -0.39 is 0 Å². The number of para-hydroxylation sites is 1. The molecule has 3 aromatic carbocycles. The van der Waals surface area contributed by atoms with Crippen LogP contribution in [0.4, 0.5) is 11.4 Å². The highest BCUT2D eigenvalue weighted by Crippen LogP contribution is 2.29. The molecule has 0 atom stereocenters. The highest BCUT2D eigenvalue weighted by Gasteiger charge is 2.10. The Bertz CT molecular complexity index is 1010. The predicted molar refractivity (Wildman–Crippen MR) is 124 cm³/mol. The first kappa shape index (κ1) is 22.3. The van der Waals surface area contributed by atoms with Crippen LogP contribution in [0, 0.1) is 0 Å². The molecule has 0 spiro atoms. The maximum Gasteiger partial charge on any atom is 0.262 e. The summed E-state index contributed by atoms with van der Waals surface area (Å²) < 4.78 is 16.5. The fourth-order valence-corrected chi connectivity index (χ4v) is 3.06. The average molecular weight is 441 g/mol. The molecule has 0 fully saturated rings. The molecule has 0 saturated heterocycles. The van der Waals surface area contributed by atoms with Crippen molar-refractivity contribution in [2.75, 3.05) is 31.0 Å². The third-order valence-electron chi connectivity index (χ3n) is 4.40. The quantitative estimate of drug-likeness (QED) is 0.443. The van der Waals surface area contributed by atoms with Gasteiger partial charge >= 0.3 is 0 Å². The summed E-state index contributed by atoms with van der Waals surface area (Å²) >= 11 is 6.06. The van der Waals surface area contributed by atoms with E-state index in [2.05, 4.69) is 10.6 Å². The van der Waals surface area contributed by atoms with Crippen LogP contribution in [0.15, 0.2) is 66.7 Å². The van der Waals surface area contributed by atoms with Gasteiger partial charge in [-0.3, -0.25) is 4.79 Å². The number of carbonyl (C=O) groups excluding carboxylic acids is 1. The highest BCUT2D eigenvalue weighted by molar-refractivity contribution is 6.33. The zero-order chi connectivity index (χ0) is 22.1. The van der Waals surface area contributed by atoms with Gasteiger partial charge in [-0.2, -0.15) is 0 Å². The van der Waals surface area contributed by atoms with Crippen molar-refractivity contribution < 1.29 is 19.0 Å². The second kappa shape index (κ2) is 11.1. The smallest absolute Gasteiger partial charge is 0.262 e. The van der Waals surface area contributed by atoms with Crippen LogP contribution < -0.4 is 24.8 Å². The Kier molecular flexibility index (Phi) is 8.01. The van der Waals surface area contributed by atoms with Gasteiger partial charge in [0.05, 0.1) is 24.4 Å². The lowest BCUT2D eigenvalue weighted by Crippen LogP contribution is -2.20. The summed E-state index contributed by atoms with van der Waals surface area (Å²) in [5.41, 5.74) is 2.54. The number of hydrogen-bond donors (Lipinski definition) is 2. The summed E-state index contributed by atoms with van der Waals surface area (Å²) in [5.74, 6) is 1.57. The van der Waals surface area contributed by atoms with E-state index in [0.717, 1.165) is 17.0 Å². The van der Waals surface area contributed by atoms with Crippen LogP contribution in [0.5, 0.6) is 17.2 Å². The fraction of sp³-hybridized carbons (Fsp3) is 0.208. The Labute approximate surface area is 187 Å². The molecule has 0 aliphatic heterocycles. The number of ether oxygens (including phenoxy) is 3. The van der Waals surface area contributed by atoms with E-state index in [1.165, 1.54) is 0 Å². The summed E-state index contributed by atoms with van der Waals surface area (Å²) in [4.78, 5) is 12.2. The molecule has 162 valence electrons. The van der Waals surface area contributed by atoms with Gasteiger partial charge in [0.15, 0.2) is 18.1 Å². The van der Waals surface area contributed by atoms with E-state index in [4.69, 9.17) is 25.8 Å². The lowest BCUT2D eigenvalue weighted by atomic mass is 10.2. The van der Waals surface area contributed by atoms with Crippen LogP contribution in [0.3, 0.4) is 0 Å². The van der Waals surface area contributed by atoms with E-state index >= 15 is 0 Å². The maximum absolute atomic E-state index is 12.2. The van der Waals surface area contributed by atoms with Gasteiger partial charge in [0.1, 0.15) is 5.75 Å². The molecule has 3 rings (SSSR count). The molecule has 0 aromatic heterocycles. The predicted octanol–water partition coefficient (Wildman–Crippen LogP) is 5.38. The molecule has 1 amide bonds. The topological polar surface area (TPSA) is 68.8 Å². The Morgan fingerprint density at radius 1 is 0.968 bits per heavy atom. The summed E-state index contributed by atoms with van der Waals surface area (Å²) in [5, 5.41) is 6.55. The highest BCUT2D eigenvalue weighted by atomic mass is 35.5. The van der Waals surface area contributed by atoms with E-state index in [0.29, 0.717) is 35.4 Å². The van der Waals surface area contributed by atoms with E-state index in [1.54, 1.807) is 37.4 Å². The van der Waals surface area contributed by atoms with Crippen LogP contribution in [-0.4, -0.2) is 26.2 Å². The molecule has 31 heavy (non-hydrogen) atoms. The van der Waals surface area contributed by atoms with Crippen molar-refractivity contribution in [3.05, 3.63) is 77.3 Å². The Morgan fingerprint density at radius 3 is 2.45 bits per heavy atom. The monoisotopic (exact) mass is 440 g/mol. The van der Waals surface area contributed by atoms with Crippen molar-refractivity contribution in [2.24, 2.45) is 0 Å². The Hall–Kier alpha value is -3.38. The number of carbonyl (C=O) groups is 1. The summed E-state index contributed by atoms with van der Waals surface area (Å²) in [6.07, 6.45) is 0. The molecule has 0 aliphatic rings. The number of hydrogen-bond acceptors (Lipinski definition) is 5. The Balaban J connectivity index is 1.55. The third kappa shape index (κ3) is 6.55. The number of anilines is 2. The molecule has 7 heteroatoms. The second-order valence-electron chi connectivity index (χ2n) is 6.61. The third-order valence-corrected chi connectivity index (χ3v) is 4.73. The fourth-order valence-electron chi connectivity index (χ4n) is 2.87. The van der Waals surface area contributed by atoms with Crippen molar-refractivity contribution in [2.45, 2.75) is 13.5 Å². The van der Waals surface area contributed by atoms with Crippen LogP contribution in [-0.2, 0) is 11.3 Å². The van der Waals surface area contributed by atoms with Crippen LogP contribution >= 0.6 is 11.6 Å². The van der Waals surface area contributed by atoms with Gasteiger partial charge in [0.25, 0.3) is 5.91 Å². The first-order valence-electron chi connectivity index (χ1n) is 9.90. The minimum Gasteiger partial charge on any atom is -0.494 e. The van der Waals surface area contributed by atoms with Gasteiger partial charge in [-0.15, -0.1) is 0 Å². The minimum absolute atomic E-state index is 0.161. The first-order chi connectivity index (χ1) is 15.1. The number of benzene rings is 3. The normalized spacial score (nSPS) is 10.3. The molecule has 0 bridgehead atoms. The van der Waals surface area contributed by atoms with E-state index in [-0.39, 0.29) is 12.5 Å². The standard InChI is InChI=1S/C24H25ClN2O4/c1-3-30-19-11-9-18(10-12-19)26-15-17-8-13-22(23(14-17)29-2)31-16-24(28)27-21-7-5-4-6-20(21)25/h4-14,26H,3,15-16H2,1-2H3,(H,27,28). The van der Waals surface area contributed by atoms with Crippen molar-refractivity contribution in [1.82, 2.24) is 0 Å². The van der Waals surface area contributed by atoms with Crippen molar-refractivity contribution >= 4 is 28.9 Å². The van der Waals surface area contributed by atoms with Gasteiger partial charge in [-0.1, -0.05) is 29.8 Å². The molecule has 0 saturated carbocycles. The van der Waals surface area contributed by atoms with Gasteiger partial charge in [-0.25, -0.2) is 0 Å². The van der Waals surface area contributed by atoms with E-state index in [1.807, 2.05) is 43.3 Å². The molecule has 0 aliphatic carbocycles. The molecule has 0 unspecified atom stereocenters. The number of nitrogens with one attached hydrogen (secondary N) is 2. The first-order valence-corrected chi connectivity index (χ1v) is 10.3. The zero-order valence-corrected chi connectivity index (χ0v) is 18.2. The molecule has 2 N–H and O–H groups in total. The van der Waals surface area contributed by atoms with Gasteiger partial charge in [0.2, 0.25) is 0 Å². The number of amides is 1. The molecular weight excluding hydrogens is 416 g/mol. The molecular formula is C24H25ClN2O4. The van der Waals surface area contributed by atoms with Gasteiger partial charge < -0.3 is 24.8 Å². The van der Waals surface area contributed by atoms with Crippen molar-refractivity contribution in [1.29, 1.82) is 0 Å². The maximum atomic E-state index is 12.2. The average Bonchev–Trinajstić information content (AvgIpc) is 2.79. The summed E-state index contributed by atoms with van der Waals surface area (Å²) in [7, 11) is 1.57. The Morgan fingerprint density at radius 2 is 1.74 bits per heavy atom. The second-order valence-corrected chi connectivity index (χ2v) is 7.02. The molecule has 0 radical (unpaired) electrons. The van der Waals surface area contributed by atoms with Gasteiger partial charge in [0, 0.05) is 12.2 Å². The number of methoxy groups -OCH3 is 1. The zero-order valence-electron chi connectivity index (χ0n) is 17.5. The SMILES string of the molecule is CCOc1ccc(NCc2ccc(OCC(=O)Nc3ccccc3Cl)c(OC)c2)cc1. The largest absolute Gasteiger partial charge is 0.494 e. The molecule has 3 aromatic rings. The minimum atomic E-state index is -0.309. The van der Waals surface area contributed by atoms with Crippen molar-refractivity contribution in [3.63, 3.8) is 0 Å². The van der Waals surface area contributed by atoms with Crippen LogP contribution in [0.2, 0.25) is 5.02 Å². The summed E-state index contributed by atoms with van der Waals surface area (Å²) in [6.45, 7) is 3.05. The van der Waals surface area contributed by atoms with Gasteiger partial charge in [-0.05, 0) is 61.0 Å². The number of halogens is 1. The van der Waals surface area contributed by atoms with Crippen LogP contribution in [0.1, 0.15) is 12.5 Å². The lowest BCUT2D eigenvalue weighted by Gasteiger charge is -2.13. The summed E-state index contributed by atoms with van der Waals surface area (Å²) in [6, 6.07) is 20.4. The molecule has 6 nitrogen and oxygen atoms in total. The lowest BCUT2D eigenvalue weighted by molar-refractivity contribution is -0.118. The van der Waals surface area contributed by atoms with Crippen LogP contribution in [0.25, 0.3) is 0 Å².